The van der Waals surface area contributed by atoms with E-state index in [1.165, 1.54) is 12.1 Å². The molecule has 0 saturated heterocycles. The van der Waals surface area contributed by atoms with Crippen molar-refractivity contribution in [1.82, 2.24) is 0 Å². The van der Waals surface area contributed by atoms with Crippen LogP contribution in [0.3, 0.4) is 0 Å². The van der Waals surface area contributed by atoms with Crippen LogP contribution in [0.15, 0.2) is 18.2 Å². The van der Waals surface area contributed by atoms with Gasteiger partial charge in [0.1, 0.15) is 11.6 Å². The summed E-state index contributed by atoms with van der Waals surface area (Å²) in [5.41, 5.74) is 0.322. The van der Waals surface area contributed by atoms with Gasteiger partial charge in [-0.05, 0) is 18.6 Å². The highest BCUT2D eigenvalue weighted by Crippen LogP contribution is 2.22. The number of anilines is 1. The summed E-state index contributed by atoms with van der Waals surface area (Å²) in [6.07, 6.45) is 1.06. The summed E-state index contributed by atoms with van der Waals surface area (Å²) in [6.45, 7) is 2.30. The van der Waals surface area contributed by atoms with Crippen LogP contribution >= 0.6 is 0 Å². The summed E-state index contributed by atoms with van der Waals surface area (Å²) in [6, 6.07) is 6.06. The van der Waals surface area contributed by atoms with E-state index >= 15 is 0 Å². The van der Waals surface area contributed by atoms with Gasteiger partial charge in [-0.3, -0.25) is 10.1 Å². The number of hydrogen-bond acceptors (Lipinski definition) is 5. The van der Waals surface area contributed by atoms with Gasteiger partial charge in [-0.15, -0.1) is 0 Å². The predicted molar refractivity (Wildman–Crippen MR) is 67.2 cm³/mol. The van der Waals surface area contributed by atoms with E-state index < -0.39 is 11.0 Å². The van der Waals surface area contributed by atoms with Gasteiger partial charge in [-0.2, -0.15) is 5.26 Å². The van der Waals surface area contributed by atoms with Crippen molar-refractivity contribution >= 4 is 11.4 Å². The molecule has 0 amide bonds. The smallest absolute Gasteiger partial charge is 0.289 e. The Kier molecular flexibility index (Phi) is 5.08. The number of benzene rings is 1. The van der Waals surface area contributed by atoms with Crippen molar-refractivity contribution in [2.24, 2.45) is 0 Å². The van der Waals surface area contributed by atoms with E-state index in [9.17, 15) is 15.2 Å². The fourth-order valence-electron chi connectivity index (χ4n) is 1.56. The van der Waals surface area contributed by atoms with E-state index in [-0.39, 0.29) is 11.3 Å². The molecule has 0 saturated carbocycles. The van der Waals surface area contributed by atoms with E-state index in [4.69, 9.17) is 5.26 Å². The number of rotatable bonds is 6. The van der Waals surface area contributed by atoms with Crippen LogP contribution < -0.4 is 5.32 Å². The summed E-state index contributed by atoms with van der Waals surface area (Å²) in [5, 5.41) is 31.9. The minimum Gasteiger partial charge on any atom is -0.391 e. The molecule has 0 aliphatic rings. The summed E-state index contributed by atoms with van der Waals surface area (Å²) in [5.74, 6) is 0. The van der Waals surface area contributed by atoms with Crippen molar-refractivity contribution in [2.75, 3.05) is 11.9 Å². The van der Waals surface area contributed by atoms with E-state index in [0.29, 0.717) is 18.7 Å². The number of hydrogen-bond donors (Lipinski definition) is 2. The molecular formula is C12H15N3O3. The summed E-state index contributed by atoms with van der Waals surface area (Å²) < 4.78 is 0. The Labute approximate surface area is 105 Å². The van der Waals surface area contributed by atoms with Crippen molar-refractivity contribution in [1.29, 1.82) is 5.26 Å². The van der Waals surface area contributed by atoms with Gasteiger partial charge in [0.05, 0.1) is 11.0 Å². The summed E-state index contributed by atoms with van der Waals surface area (Å²) >= 11 is 0. The highest BCUT2D eigenvalue weighted by Gasteiger charge is 2.14. The second-order valence-corrected chi connectivity index (χ2v) is 3.92. The molecule has 2 N–H and O–H groups in total. The normalized spacial score (nSPS) is 11.6. The van der Waals surface area contributed by atoms with Gasteiger partial charge in [0.2, 0.25) is 0 Å². The van der Waals surface area contributed by atoms with E-state index in [0.717, 1.165) is 6.42 Å². The van der Waals surface area contributed by atoms with Crippen molar-refractivity contribution in [3.05, 3.63) is 33.9 Å². The number of nitrogens with one attached hydrogen (secondary N) is 1. The number of nitro groups is 1. The lowest BCUT2D eigenvalue weighted by Crippen LogP contribution is -2.19. The molecule has 6 nitrogen and oxygen atoms in total. The molecule has 0 aliphatic heterocycles. The number of aliphatic hydroxyl groups is 1. The van der Waals surface area contributed by atoms with Gasteiger partial charge in [0.15, 0.2) is 0 Å². The van der Waals surface area contributed by atoms with E-state index in [2.05, 4.69) is 5.32 Å². The predicted octanol–water partition coefficient (Wildman–Crippen LogP) is 2.04. The summed E-state index contributed by atoms with van der Waals surface area (Å²) in [4.78, 5) is 10.2. The fourth-order valence-corrected chi connectivity index (χ4v) is 1.56. The van der Waals surface area contributed by atoms with Gasteiger partial charge in [-0.1, -0.05) is 13.3 Å². The molecule has 1 rings (SSSR count). The second kappa shape index (κ2) is 6.57. The van der Waals surface area contributed by atoms with E-state index in [1.807, 2.05) is 6.92 Å². The Hall–Kier alpha value is -2.13. The standard InChI is InChI=1S/C12H15N3O3/c1-2-3-11(16)8-14-10-5-4-9(7-13)12(6-10)15(17)18/h4-6,11,14,16H,2-3,8H2,1H3. The first-order valence-electron chi connectivity index (χ1n) is 5.69. The molecule has 18 heavy (non-hydrogen) atoms. The third-order valence-electron chi connectivity index (χ3n) is 2.48. The molecule has 1 aromatic carbocycles. The Morgan fingerprint density at radius 2 is 2.33 bits per heavy atom. The van der Waals surface area contributed by atoms with Crippen LogP contribution in [0.5, 0.6) is 0 Å². The third kappa shape index (κ3) is 3.71. The van der Waals surface area contributed by atoms with Gasteiger partial charge < -0.3 is 10.4 Å². The highest BCUT2D eigenvalue weighted by atomic mass is 16.6. The third-order valence-corrected chi connectivity index (χ3v) is 2.48. The molecule has 0 heterocycles. The second-order valence-electron chi connectivity index (χ2n) is 3.92. The van der Waals surface area contributed by atoms with Crippen molar-refractivity contribution in [3.8, 4) is 6.07 Å². The number of nitriles is 1. The topological polar surface area (TPSA) is 99.2 Å². The molecule has 0 aromatic heterocycles. The first kappa shape index (κ1) is 13.9. The van der Waals surface area contributed by atoms with Crippen molar-refractivity contribution < 1.29 is 10.0 Å². The number of aliphatic hydroxyl groups excluding tert-OH is 1. The molecule has 0 radical (unpaired) electrons. The molecule has 1 atom stereocenters. The van der Waals surface area contributed by atoms with Gasteiger partial charge in [0.25, 0.3) is 5.69 Å². The number of nitrogens with zero attached hydrogens (tertiary/aromatic N) is 2. The minimum atomic E-state index is -0.591. The zero-order valence-electron chi connectivity index (χ0n) is 10.1. The molecule has 1 aromatic rings. The zero-order chi connectivity index (χ0) is 13.5. The molecule has 1 unspecified atom stereocenters. The van der Waals surface area contributed by atoms with Crippen molar-refractivity contribution in [3.63, 3.8) is 0 Å². The van der Waals surface area contributed by atoms with Crippen LogP contribution in [-0.2, 0) is 0 Å². The maximum absolute atomic E-state index is 10.8. The van der Waals surface area contributed by atoms with Gasteiger partial charge in [0, 0.05) is 18.3 Å². The average molecular weight is 249 g/mol. The van der Waals surface area contributed by atoms with Gasteiger partial charge in [-0.25, -0.2) is 0 Å². The Morgan fingerprint density at radius 3 is 2.89 bits per heavy atom. The first-order chi connectivity index (χ1) is 8.58. The highest BCUT2D eigenvalue weighted by molar-refractivity contribution is 5.59. The number of nitro benzene ring substituents is 1. The zero-order valence-corrected chi connectivity index (χ0v) is 10.1. The maximum Gasteiger partial charge on any atom is 0.289 e. The van der Waals surface area contributed by atoms with Crippen LogP contribution in [-0.4, -0.2) is 22.7 Å². The molecule has 0 bridgehead atoms. The molecule has 96 valence electrons. The largest absolute Gasteiger partial charge is 0.391 e. The SMILES string of the molecule is CCCC(O)CNc1ccc(C#N)c([N+](=O)[O-])c1. The maximum atomic E-state index is 10.8. The lowest BCUT2D eigenvalue weighted by atomic mass is 10.1. The average Bonchev–Trinajstić information content (AvgIpc) is 2.36. The van der Waals surface area contributed by atoms with Gasteiger partial charge >= 0.3 is 0 Å². The molecule has 0 spiro atoms. The van der Waals surface area contributed by atoms with Crippen LogP contribution in [0.1, 0.15) is 25.3 Å². The Morgan fingerprint density at radius 1 is 1.61 bits per heavy atom. The molecule has 6 heteroatoms. The van der Waals surface area contributed by atoms with E-state index in [1.54, 1.807) is 12.1 Å². The van der Waals surface area contributed by atoms with Crippen LogP contribution in [0.4, 0.5) is 11.4 Å². The molecule has 0 fully saturated rings. The van der Waals surface area contributed by atoms with Crippen LogP contribution in [0.25, 0.3) is 0 Å². The minimum absolute atomic E-state index is 0.0275. The first-order valence-corrected chi connectivity index (χ1v) is 5.69. The summed E-state index contributed by atoms with van der Waals surface area (Å²) in [7, 11) is 0. The quantitative estimate of drug-likeness (QED) is 0.593. The van der Waals surface area contributed by atoms with Crippen LogP contribution in [0, 0.1) is 21.4 Å². The fraction of sp³-hybridized carbons (Fsp3) is 0.417. The molecular weight excluding hydrogens is 234 g/mol. The van der Waals surface area contributed by atoms with Crippen LogP contribution in [0.2, 0.25) is 0 Å². The van der Waals surface area contributed by atoms with Crippen molar-refractivity contribution in [2.45, 2.75) is 25.9 Å². The Bertz CT molecular complexity index is 468. The monoisotopic (exact) mass is 249 g/mol. The lowest BCUT2D eigenvalue weighted by molar-refractivity contribution is -0.385. The Balaban J connectivity index is 2.77. The lowest BCUT2D eigenvalue weighted by Gasteiger charge is -2.11. The molecule has 0 aliphatic carbocycles.